The lowest BCUT2D eigenvalue weighted by Gasteiger charge is -2.32. The topological polar surface area (TPSA) is 38.3 Å². The Kier molecular flexibility index (Phi) is 5.28. The van der Waals surface area contributed by atoms with Crippen LogP contribution < -0.4 is 5.32 Å². The van der Waals surface area contributed by atoms with Gasteiger partial charge in [0.15, 0.2) is 0 Å². The van der Waals surface area contributed by atoms with E-state index >= 15 is 0 Å². The predicted molar refractivity (Wildman–Crippen MR) is 84.2 cm³/mol. The fraction of sp³-hybridized carbons (Fsp3) is 0.278. The molecule has 0 aromatic heterocycles. The molecule has 3 nitrogen and oxygen atoms in total. The zero-order valence-electron chi connectivity index (χ0n) is 12.8. The normalized spacial score (nSPS) is 13.4. The molecule has 0 bridgehead atoms. The third-order valence-corrected chi connectivity index (χ3v) is 3.88. The van der Waals surface area contributed by atoms with E-state index in [-0.39, 0.29) is 5.91 Å². The van der Waals surface area contributed by atoms with Crippen LogP contribution in [0.25, 0.3) is 0 Å². The van der Waals surface area contributed by atoms with Crippen molar-refractivity contribution in [3.63, 3.8) is 0 Å². The second kappa shape index (κ2) is 7.18. The zero-order valence-corrected chi connectivity index (χ0v) is 12.8. The number of halogens is 1. The highest BCUT2D eigenvalue weighted by molar-refractivity contribution is 5.94. The minimum absolute atomic E-state index is 0.300. The van der Waals surface area contributed by atoms with Gasteiger partial charge in [0.1, 0.15) is 11.4 Å². The Morgan fingerprint density at radius 3 is 2.50 bits per heavy atom. The van der Waals surface area contributed by atoms with Gasteiger partial charge in [-0.25, -0.2) is 4.39 Å². The molecular formula is C18H20FNO2. The summed E-state index contributed by atoms with van der Waals surface area (Å²) in [5.41, 5.74) is 0.707. The van der Waals surface area contributed by atoms with Gasteiger partial charge in [-0.3, -0.25) is 4.79 Å². The Hall–Kier alpha value is -2.20. The minimum atomic E-state index is -0.593. The van der Waals surface area contributed by atoms with Gasteiger partial charge in [0.05, 0.1) is 6.54 Å². The molecule has 1 N–H and O–H groups in total. The summed E-state index contributed by atoms with van der Waals surface area (Å²) in [4.78, 5) is 12.2. The maximum atomic E-state index is 13.2. The zero-order chi connectivity index (χ0) is 16.0. The number of ether oxygens (including phenoxy) is 1. The Morgan fingerprint density at radius 2 is 1.91 bits per heavy atom. The van der Waals surface area contributed by atoms with Crippen molar-refractivity contribution in [1.82, 2.24) is 5.32 Å². The lowest BCUT2D eigenvalue weighted by Crippen LogP contribution is -2.41. The average Bonchev–Trinajstić information content (AvgIpc) is 2.57. The molecule has 0 unspecified atom stereocenters. The molecule has 0 fully saturated rings. The van der Waals surface area contributed by atoms with Crippen LogP contribution in [0.4, 0.5) is 4.39 Å². The number of carbonyl (C=O) groups is 1. The number of nitrogens with one attached hydrogen (secondary N) is 1. The quantitative estimate of drug-likeness (QED) is 0.886. The van der Waals surface area contributed by atoms with Crippen molar-refractivity contribution in [3.05, 3.63) is 71.5 Å². The lowest BCUT2D eigenvalue weighted by molar-refractivity contribution is -0.0164. The number of benzene rings is 2. The summed E-state index contributed by atoms with van der Waals surface area (Å²) < 4.78 is 18.9. The first-order chi connectivity index (χ1) is 10.6. The minimum Gasteiger partial charge on any atom is -0.372 e. The Labute approximate surface area is 130 Å². The largest absolute Gasteiger partial charge is 0.372 e. The van der Waals surface area contributed by atoms with Crippen molar-refractivity contribution >= 4 is 5.91 Å². The predicted octanol–water partition coefficient (Wildman–Crippen LogP) is 3.51. The van der Waals surface area contributed by atoms with Crippen LogP contribution in [0.2, 0.25) is 0 Å². The first-order valence-corrected chi connectivity index (χ1v) is 7.26. The van der Waals surface area contributed by atoms with E-state index in [1.807, 2.05) is 37.3 Å². The third kappa shape index (κ3) is 3.52. The Bertz CT molecular complexity index is 624. The SMILES string of the molecule is CC[C@](CNC(=O)c1cccc(F)c1)(OC)c1ccccc1. The molecule has 1 amide bonds. The van der Waals surface area contributed by atoms with Crippen molar-refractivity contribution in [1.29, 1.82) is 0 Å². The van der Waals surface area contributed by atoms with Crippen LogP contribution in [-0.2, 0) is 10.3 Å². The smallest absolute Gasteiger partial charge is 0.251 e. The van der Waals surface area contributed by atoms with Crippen LogP contribution >= 0.6 is 0 Å². The second-order valence-corrected chi connectivity index (χ2v) is 5.11. The molecule has 4 heteroatoms. The molecule has 0 saturated carbocycles. The van der Waals surface area contributed by atoms with Crippen LogP contribution in [-0.4, -0.2) is 19.6 Å². The molecule has 0 aliphatic carbocycles. The molecular weight excluding hydrogens is 281 g/mol. The van der Waals surface area contributed by atoms with Crippen LogP contribution in [0.3, 0.4) is 0 Å². The fourth-order valence-corrected chi connectivity index (χ4v) is 2.46. The summed E-state index contributed by atoms with van der Waals surface area (Å²) in [6.07, 6.45) is 0.705. The number of hydrogen-bond donors (Lipinski definition) is 1. The van der Waals surface area contributed by atoms with Gasteiger partial charge in [0.2, 0.25) is 0 Å². The van der Waals surface area contributed by atoms with E-state index in [1.54, 1.807) is 13.2 Å². The average molecular weight is 301 g/mol. The number of carbonyl (C=O) groups excluding carboxylic acids is 1. The third-order valence-electron chi connectivity index (χ3n) is 3.88. The highest BCUT2D eigenvalue weighted by Gasteiger charge is 2.30. The van der Waals surface area contributed by atoms with Gasteiger partial charge in [-0.05, 0) is 30.2 Å². The molecule has 0 saturated heterocycles. The van der Waals surface area contributed by atoms with Crippen molar-refractivity contribution in [2.45, 2.75) is 18.9 Å². The number of rotatable bonds is 6. The van der Waals surface area contributed by atoms with Gasteiger partial charge in [-0.2, -0.15) is 0 Å². The van der Waals surface area contributed by atoms with E-state index in [1.165, 1.54) is 18.2 Å². The number of amides is 1. The summed E-state index contributed by atoms with van der Waals surface area (Å²) in [6, 6.07) is 15.4. The molecule has 2 rings (SSSR count). The van der Waals surface area contributed by atoms with E-state index in [0.717, 1.165) is 5.56 Å². The van der Waals surface area contributed by atoms with Crippen molar-refractivity contribution in [2.75, 3.05) is 13.7 Å². The Balaban J connectivity index is 2.14. The van der Waals surface area contributed by atoms with Gasteiger partial charge < -0.3 is 10.1 Å². The summed E-state index contributed by atoms with van der Waals surface area (Å²) in [5, 5.41) is 2.84. The summed E-state index contributed by atoms with van der Waals surface area (Å²) in [5.74, 6) is -0.741. The highest BCUT2D eigenvalue weighted by Crippen LogP contribution is 2.28. The molecule has 0 aliphatic rings. The summed E-state index contributed by atoms with van der Waals surface area (Å²) >= 11 is 0. The van der Waals surface area contributed by atoms with Gasteiger partial charge in [-0.15, -0.1) is 0 Å². The second-order valence-electron chi connectivity index (χ2n) is 5.11. The first-order valence-electron chi connectivity index (χ1n) is 7.26. The summed E-state index contributed by atoms with van der Waals surface area (Å²) in [7, 11) is 1.63. The molecule has 1 atom stereocenters. The fourth-order valence-electron chi connectivity index (χ4n) is 2.46. The van der Waals surface area contributed by atoms with E-state index in [9.17, 15) is 9.18 Å². The van der Waals surface area contributed by atoms with E-state index < -0.39 is 11.4 Å². The van der Waals surface area contributed by atoms with E-state index in [0.29, 0.717) is 18.5 Å². The molecule has 22 heavy (non-hydrogen) atoms. The van der Waals surface area contributed by atoms with Crippen LogP contribution in [0, 0.1) is 5.82 Å². The summed E-state index contributed by atoms with van der Waals surface area (Å²) in [6.45, 7) is 2.32. The van der Waals surface area contributed by atoms with Gasteiger partial charge in [0, 0.05) is 12.7 Å². The number of methoxy groups -OCH3 is 1. The van der Waals surface area contributed by atoms with Gasteiger partial charge >= 0.3 is 0 Å². The lowest BCUT2D eigenvalue weighted by atomic mass is 9.90. The molecule has 0 heterocycles. The van der Waals surface area contributed by atoms with Crippen molar-refractivity contribution in [2.24, 2.45) is 0 Å². The van der Waals surface area contributed by atoms with E-state index in [4.69, 9.17) is 4.74 Å². The Morgan fingerprint density at radius 1 is 1.18 bits per heavy atom. The van der Waals surface area contributed by atoms with Crippen LogP contribution in [0.1, 0.15) is 29.3 Å². The monoisotopic (exact) mass is 301 g/mol. The van der Waals surface area contributed by atoms with Crippen molar-refractivity contribution in [3.8, 4) is 0 Å². The van der Waals surface area contributed by atoms with E-state index in [2.05, 4.69) is 5.32 Å². The maximum absolute atomic E-state index is 13.2. The van der Waals surface area contributed by atoms with Crippen LogP contribution in [0.15, 0.2) is 54.6 Å². The molecule has 2 aromatic carbocycles. The molecule has 0 aliphatic heterocycles. The molecule has 116 valence electrons. The number of hydrogen-bond acceptors (Lipinski definition) is 2. The van der Waals surface area contributed by atoms with Gasteiger partial charge in [0.25, 0.3) is 5.91 Å². The molecule has 2 aromatic rings. The standard InChI is InChI=1S/C18H20FNO2/c1-3-18(22-2,15-9-5-4-6-10-15)13-20-17(21)14-8-7-11-16(19)12-14/h4-12H,3,13H2,1-2H3,(H,20,21)/t18-/m1/s1. The maximum Gasteiger partial charge on any atom is 0.251 e. The highest BCUT2D eigenvalue weighted by atomic mass is 19.1. The molecule has 0 spiro atoms. The molecule has 0 radical (unpaired) electrons. The van der Waals surface area contributed by atoms with Gasteiger partial charge in [-0.1, -0.05) is 43.3 Å². The van der Waals surface area contributed by atoms with Crippen molar-refractivity contribution < 1.29 is 13.9 Å². The first kappa shape index (κ1) is 16.2. The van der Waals surface area contributed by atoms with Crippen LogP contribution in [0.5, 0.6) is 0 Å².